The molecule has 0 radical (unpaired) electrons. The van der Waals surface area contributed by atoms with Gasteiger partial charge in [0, 0.05) is 23.2 Å². The zero-order valence-corrected chi connectivity index (χ0v) is 19.1. The monoisotopic (exact) mass is 429 g/mol. The molecule has 0 bridgehead atoms. The third-order valence-corrected chi connectivity index (χ3v) is 6.46. The van der Waals surface area contributed by atoms with Crippen LogP contribution in [0, 0.1) is 0 Å². The molecule has 1 atom stereocenters. The van der Waals surface area contributed by atoms with Crippen LogP contribution in [0.3, 0.4) is 0 Å². The van der Waals surface area contributed by atoms with Crippen LogP contribution < -0.4 is 5.32 Å². The molecule has 1 N–H and O–H groups in total. The molecule has 1 aromatic heterocycles. The molecule has 0 aliphatic carbocycles. The van der Waals surface area contributed by atoms with E-state index in [0.29, 0.717) is 10.0 Å². The van der Waals surface area contributed by atoms with Gasteiger partial charge in [0.2, 0.25) is 5.13 Å². The molecule has 1 heterocycles. The van der Waals surface area contributed by atoms with Crippen LogP contribution in [-0.2, 0) is 21.7 Å². The number of benzene rings is 2. The van der Waals surface area contributed by atoms with Crippen molar-refractivity contribution in [1.29, 1.82) is 0 Å². The largest absolute Gasteiger partial charge is 0.349 e. The van der Waals surface area contributed by atoms with Gasteiger partial charge in [-0.1, -0.05) is 64.1 Å². The van der Waals surface area contributed by atoms with Crippen LogP contribution in [0.15, 0.2) is 53.4 Å². The van der Waals surface area contributed by atoms with Gasteiger partial charge < -0.3 is 5.32 Å². The van der Waals surface area contributed by atoms with Gasteiger partial charge in [-0.2, -0.15) is 4.37 Å². The molecule has 3 aromatic rings. The molecule has 0 amide bonds. The van der Waals surface area contributed by atoms with Gasteiger partial charge in [-0.3, -0.25) is 0 Å². The van der Waals surface area contributed by atoms with Crippen molar-refractivity contribution >= 4 is 26.5 Å². The minimum absolute atomic E-state index is 0.134. The molecule has 0 aliphatic heterocycles. The lowest BCUT2D eigenvalue weighted by molar-refractivity contribution is 0.555. The summed E-state index contributed by atoms with van der Waals surface area (Å²) in [6, 6.07) is 15.2. The zero-order valence-electron chi connectivity index (χ0n) is 17.4. The summed E-state index contributed by atoms with van der Waals surface area (Å²) in [4.78, 5) is 4.96. The first-order valence-electron chi connectivity index (χ1n) is 9.57. The summed E-state index contributed by atoms with van der Waals surface area (Å²) in [7, 11) is -3.29. The molecule has 29 heavy (non-hydrogen) atoms. The number of rotatable bonds is 6. The third-order valence-electron chi connectivity index (χ3n) is 4.71. The van der Waals surface area contributed by atoms with E-state index < -0.39 is 9.84 Å². The molecular formula is C22H27N3O2S2. The summed E-state index contributed by atoms with van der Waals surface area (Å²) < 4.78 is 28.6. The van der Waals surface area contributed by atoms with Crippen molar-refractivity contribution in [3.8, 4) is 0 Å². The van der Waals surface area contributed by atoms with Crippen molar-refractivity contribution in [1.82, 2.24) is 9.36 Å². The summed E-state index contributed by atoms with van der Waals surface area (Å²) in [6.45, 7) is 8.36. The Labute approximate surface area is 177 Å². The van der Waals surface area contributed by atoms with E-state index in [0.717, 1.165) is 23.4 Å². The van der Waals surface area contributed by atoms with Crippen molar-refractivity contribution < 1.29 is 8.42 Å². The standard InChI is InChI=1S/C22H27N3O2S2/c1-6-15-10-12-16(13-11-15)19(17-8-7-9-18(14-17)29(5,26)27)23-21-24-20(25-28-21)22(2,3)4/h7-14,19H,6H2,1-5H3,(H,23,24,25). The Hall–Kier alpha value is -2.25. The number of nitrogens with zero attached hydrogens (tertiary/aromatic N) is 2. The molecule has 0 saturated carbocycles. The lowest BCUT2D eigenvalue weighted by Gasteiger charge is -2.20. The minimum atomic E-state index is -3.29. The summed E-state index contributed by atoms with van der Waals surface area (Å²) >= 11 is 1.32. The maximum atomic E-state index is 12.1. The summed E-state index contributed by atoms with van der Waals surface area (Å²) in [5.74, 6) is 0.787. The van der Waals surface area contributed by atoms with Crippen molar-refractivity contribution in [2.24, 2.45) is 0 Å². The van der Waals surface area contributed by atoms with E-state index in [-0.39, 0.29) is 11.5 Å². The highest BCUT2D eigenvalue weighted by atomic mass is 32.2. The number of hydrogen-bond donors (Lipinski definition) is 1. The van der Waals surface area contributed by atoms with Crippen LogP contribution in [0.4, 0.5) is 5.13 Å². The number of anilines is 1. The predicted octanol–water partition coefficient (Wildman–Crippen LogP) is 5.00. The second-order valence-corrected chi connectivity index (χ2v) is 11.0. The molecule has 2 aromatic carbocycles. The summed E-state index contributed by atoms with van der Waals surface area (Å²) in [5.41, 5.74) is 3.03. The highest BCUT2D eigenvalue weighted by Gasteiger charge is 2.22. The van der Waals surface area contributed by atoms with E-state index in [2.05, 4.69) is 66.6 Å². The fraction of sp³-hybridized carbons (Fsp3) is 0.364. The quantitative estimate of drug-likeness (QED) is 0.597. The van der Waals surface area contributed by atoms with Crippen LogP contribution in [-0.4, -0.2) is 24.0 Å². The topological polar surface area (TPSA) is 72.0 Å². The molecule has 1 unspecified atom stereocenters. The predicted molar refractivity (Wildman–Crippen MR) is 119 cm³/mol. The van der Waals surface area contributed by atoms with Gasteiger partial charge in [-0.25, -0.2) is 13.4 Å². The van der Waals surface area contributed by atoms with E-state index in [1.54, 1.807) is 18.2 Å². The van der Waals surface area contributed by atoms with E-state index in [4.69, 9.17) is 0 Å². The Kier molecular flexibility index (Phi) is 6.10. The average Bonchev–Trinajstić information content (AvgIpc) is 3.15. The Bertz CT molecular complexity index is 1080. The molecule has 0 saturated heterocycles. The molecule has 7 heteroatoms. The first-order valence-corrected chi connectivity index (χ1v) is 12.2. The number of sulfone groups is 1. The maximum Gasteiger partial charge on any atom is 0.203 e. The molecule has 5 nitrogen and oxygen atoms in total. The Morgan fingerprint density at radius 3 is 2.31 bits per heavy atom. The molecule has 0 aliphatic rings. The lowest BCUT2D eigenvalue weighted by atomic mass is 9.96. The number of aryl methyl sites for hydroxylation is 1. The SMILES string of the molecule is CCc1ccc(C(Nc2nc(C(C)(C)C)ns2)c2cccc(S(C)(=O)=O)c2)cc1. The van der Waals surface area contributed by atoms with Crippen LogP contribution >= 0.6 is 11.5 Å². The van der Waals surface area contributed by atoms with Crippen LogP contribution in [0.1, 0.15) is 56.3 Å². The van der Waals surface area contributed by atoms with E-state index in [9.17, 15) is 8.42 Å². The first kappa shape index (κ1) is 21.5. The Morgan fingerprint density at radius 2 is 1.76 bits per heavy atom. The smallest absolute Gasteiger partial charge is 0.203 e. The van der Waals surface area contributed by atoms with Gasteiger partial charge in [-0.05, 0) is 35.2 Å². The highest BCUT2D eigenvalue weighted by molar-refractivity contribution is 7.90. The van der Waals surface area contributed by atoms with Gasteiger partial charge in [0.1, 0.15) is 5.82 Å². The average molecular weight is 430 g/mol. The summed E-state index contributed by atoms with van der Waals surface area (Å²) in [5, 5.41) is 4.18. The van der Waals surface area contributed by atoms with Gasteiger partial charge in [0.25, 0.3) is 0 Å². The van der Waals surface area contributed by atoms with Crippen molar-refractivity contribution in [3.63, 3.8) is 0 Å². The van der Waals surface area contributed by atoms with E-state index >= 15 is 0 Å². The minimum Gasteiger partial charge on any atom is -0.349 e. The van der Waals surface area contributed by atoms with Crippen molar-refractivity contribution in [2.45, 2.75) is 50.5 Å². The fourth-order valence-electron chi connectivity index (χ4n) is 2.94. The second-order valence-electron chi connectivity index (χ2n) is 8.19. The van der Waals surface area contributed by atoms with Gasteiger partial charge >= 0.3 is 0 Å². The second kappa shape index (κ2) is 8.24. The van der Waals surface area contributed by atoms with Gasteiger partial charge in [-0.15, -0.1) is 0 Å². The maximum absolute atomic E-state index is 12.1. The highest BCUT2D eigenvalue weighted by Crippen LogP contribution is 2.31. The molecule has 0 spiro atoms. The van der Waals surface area contributed by atoms with E-state index in [1.165, 1.54) is 23.4 Å². The molecule has 0 fully saturated rings. The normalized spacial score (nSPS) is 13.3. The fourth-order valence-corrected chi connectivity index (χ4v) is 4.40. The van der Waals surface area contributed by atoms with Crippen LogP contribution in [0.5, 0.6) is 0 Å². The number of aromatic nitrogens is 2. The molecule has 3 rings (SSSR count). The van der Waals surface area contributed by atoms with E-state index in [1.807, 2.05) is 6.07 Å². The number of hydrogen-bond acceptors (Lipinski definition) is 6. The van der Waals surface area contributed by atoms with Crippen LogP contribution in [0.2, 0.25) is 0 Å². The molecule has 154 valence electrons. The number of nitrogens with one attached hydrogen (secondary N) is 1. The lowest BCUT2D eigenvalue weighted by Crippen LogP contribution is -2.15. The Morgan fingerprint density at radius 1 is 1.07 bits per heavy atom. The van der Waals surface area contributed by atoms with Gasteiger partial charge in [0.05, 0.1) is 10.9 Å². The Balaban J connectivity index is 2.03. The summed E-state index contributed by atoms with van der Waals surface area (Å²) in [6.07, 6.45) is 2.19. The van der Waals surface area contributed by atoms with Crippen molar-refractivity contribution in [3.05, 3.63) is 71.0 Å². The van der Waals surface area contributed by atoms with Gasteiger partial charge in [0.15, 0.2) is 9.84 Å². The van der Waals surface area contributed by atoms with Crippen LogP contribution in [0.25, 0.3) is 0 Å². The zero-order chi connectivity index (χ0) is 21.2. The first-order chi connectivity index (χ1) is 13.6. The third kappa shape index (κ3) is 5.22. The molecular weight excluding hydrogens is 402 g/mol. The van der Waals surface area contributed by atoms with Crippen molar-refractivity contribution in [2.75, 3.05) is 11.6 Å².